The first-order chi connectivity index (χ1) is 8.56. The van der Waals surface area contributed by atoms with Crippen molar-refractivity contribution < 1.29 is 14.7 Å². The molecule has 2 atom stereocenters. The van der Waals surface area contributed by atoms with E-state index in [4.69, 9.17) is 5.11 Å². The number of hydrogen-bond donors (Lipinski definition) is 2. The first kappa shape index (κ1) is 14.8. The van der Waals surface area contributed by atoms with Crippen LogP contribution in [0.25, 0.3) is 0 Å². The summed E-state index contributed by atoms with van der Waals surface area (Å²) in [6.45, 7) is 2.79. The second kappa shape index (κ2) is 7.24. The number of unbranched alkanes of at least 4 members (excludes halogenated alkanes) is 1. The lowest BCUT2D eigenvalue weighted by Gasteiger charge is -2.31. The molecule has 2 amide bonds. The van der Waals surface area contributed by atoms with Gasteiger partial charge in [0.15, 0.2) is 0 Å². The van der Waals surface area contributed by atoms with Gasteiger partial charge in [-0.2, -0.15) is 0 Å². The molecule has 0 bridgehead atoms. The van der Waals surface area contributed by atoms with Crippen molar-refractivity contribution in [1.82, 2.24) is 10.2 Å². The van der Waals surface area contributed by atoms with Gasteiger partial charge in [-0.1, -0.05) is 26.2 Å². The Hall–Kier alpha value is -1.26. The van der Waals surface area contributed by atoms with Gasteiger partial charge in [-0.3, -0.25) is 4.79 Å². The predicted molar refractivity (Wildman–Crippen MR) is 69.5 cm³/mol. The minimum atomic E-state index is -0.795. The van der Waals surface area contributed by atoms with Crippen LogP contribution in [-0.2, 0) is 4.79 Å². The monoisotopic (exact) mass is 256 g/mol. The highest BCUT2D eigenvalue weighted by Crippen LogP contribution is 2.24. The van der Waals surface area contributed by atoms with Gasteiger partial charge in [0.2, 0.25) is 0 Å². The zero-order valence-electron chi connectivity index (χ0n) is 11.3. The average molecular weight is 256 g/mol. The Balaban J connectivity index is 2.48. The normalized spacial score (nSPS) is 23.4. The van der Waals surface area contributed by atoms with Crippen LogP contribution in [0.2, 0.25) is 0 Å². The molecule has 0 aromatic carbocycles. The summed E-state index contributed by atoms with van der Waals surface area (Å²) >= 11 is 0. The second-order valence-corrected chi connectivity index (χ2v) is 5.06. The fourth-order valence-corrected chi connectivity index (χ4v) is 2.36. The predicted octanol–water partition coefficient (Wildman–Crippen LogP) is 2.07. The fourth-order valence-electron chi connectivity index (χ4n) is 2.36. The molecule has 1 saturated carbocycles. The van der Waals surface area contributed by atoms with Crippen LogP contribution in [0.3, 0.4) is 0 Å². The third-order valence-corrected chi connectivity index (χ3v) is 3.59. The van der Waals surface area contributed by atoms with E-state index in [2.05, 4.69) is 12.2 Å². The van der Waals surface area contributed by atoms with Crippen molar-refractivity contribution in [3.05, 3.63) is 0 Å². The highest BCUT2D eigenvalue weighted by molar-refractivity contribution is 5.76. The number of carbonyl (C=O) groups is 2. The first-order valence-electron chi connectivity index (χ1n) is 6.80. The molecule has 0 radical (unpaired) electrons. The van der Waals surface area contributed by atoms with Crippen molar-refractivity contribution in [2.45, 2.75) is 51.5 Å². The molecule has 0 aliphatic heterocycles. The third kappa shape index (κ3) is 4.20. The van der Waals surface area contributed by atoms with Crippen LogP contribution in [0.4, 0.5) is 4.79 Å². The molecule has 1 fully saturated rings. The van der Waals surface area contributed by atoms with Crippen molar-refractivity contribution in [2.75, 3.05) is 13.6 Å². The fraction of sp³-hybridized carbons (Fsp3) is 0.846. The number of nitrogens with one attached hydrogen (secondary N) is 1. The van der Waals surface area contributed by atoms with E-state index >= 15 is 0 Å². The third-order valence-electron chi connectivity index (χ3n) is 3.59. The highest BCUT2D eigenvalue weighted by atomic mass is 16.4. The van der Waals surface area contributed by atoms with Crippen molar-refractivity contribution in [3.63, 3.8) is 0 Å². The van der Waals surface area contributed by atoms with Crippen molar-refractivity contribution >= 4 is 12.0 Å². The lowest BCUT2D eigenvalue weighted by molar-refractivity contribution is -0.143. The molecule has 0 heterocycles. The van der Waals surface area contributed by atoms with E-state index in [1.54, 1.807) is 11.9 Å². The summed E-state index contributed by atoms with van der Waals surface area (Å²) in [4.78, 5) is 24.7. The van der Waals surface area contributed by atoms with E-state index in [-0.39, 0.29) is 12.1 Å². The Morgan fingerprint density at radius 3 is 2.61 bits per heavy atom. The maximum absolute atomic E-state index is 11.9. The lowest BCUT2D eigenvalue weighted by atomic mass is 9.84. The van der Waals surface area contributed by atoms with E-state index in [1.165, 1.54) is 0 Å². The molecule has 1 aliphatic rings. The lowest BCUT2D eigenvalue weighted by Crippen LogP contribution is -2.49. The standard InChI is InChI=1S/C13H24N2O3/c1-3-4-9-15(2)13(18)14-11-8-6-5-7-10(11)12(16)17/h10-11H,3-9H2,1-2H3,(H,14,18)(H,16,17). The summed E-state index contributed by atoms with van der Waals surface area (Å²) < 4.78 is 0. The molecule has 0 aromatic rings. The molecule has 0 aromatic heterocycles. The van der Waals surface area contributed by atoms with E-state index in [9.17, 15) is 9.59 Å². The zero-order valence-corrected chi connectivity index (χ0v) is 11.3. The van der Waals surface area contributed by atoms with Crippen molar-refractivity contribution in [2.24, 2.45) is 5.92 Å². The number of carboxylic acid groups (broad SMARTS) is 1. The molecular formula is C13H24N2O3. The van der Waals surface area contributed by atoms with Gasteiger partial charge in [0.25, 0.3) is 0 Å². The molecule has 0 spiro atoms. The minimum Gasteiger partial charge on any atom is -0.481 e. The van der Waals surface area contributed by atoms with Crippen LogP contribution in [0, 0.1) is 5.92 Å². The van der Waals surface area contributed by atoms with Crippen LogP contribution < -0.4 is 5.32 Å². The molecule has 104 valence electrons. The number of carbonyl (C=O) groups excluding carboxylic acids is 1. The summed E-state index contributed by atoms with van der Waals surface area (Å²) in [7, 11) is 1.75. The number of aliphatic carboxylic acids is 1. The summed E-state index contributed by atoms with van der Waals surface area (Å²) in [5.41, 5.74) is 0. The number of nitrogens with zero attached hydrogens (tertiary/aromatic N) is 1. The van der Waals surface area contributed by atoms with Crippen LogP contribution in [0.5, 0.6) is 0 Å². The van der Waals surface area contributed by atoms with Gasteiger partial charge >= 0.3 is 12.0 Å². The Morgan fingerprint density at radius 1 is 1.33 bits per heavy atom. The van der Waals surface area contributed by atoms with E-state index < -0.39 is 11.9 Å². The maximum atomic E-state index is 11.9. The summed E-state index contributed by atoms with van der Waals surface area (Å²) in [6.07, 6.45) is 5.38. The molecular weight excluding hydrogens is 232 g/mol. The summed E-state index contributed by atoms with van der Waals surface area (Å²) in [5, 5.41) is 12.0. The largest absolute Gasteiger partial charge is 0.481 e. The van der Waals surface area contributed by atoms with Crippen molar-refractivity contribution in [3.8, 4) is 0 Å². The van der Waals surface area contributed by atoms with Gasteiger partial charge in [0.05, 0.1) is 5.92 Å². The highest BCUT2D eigenvalue weighted by Gasteiger charge is 2.32. The van der Waals surface area contributed by atoms with Gasteiger partial charge in [0.1, 0.15) is 0 Å². The van der Waals surface area contributed by atoms with E-state index in [0.717, 1.165) is 32.1 Å². The van der Waals surface area contributed by atoms with Crippen LogP contribution in [0.1, 0.15) is 45.4 Å². The number of urea groups is 1. The number of hydrogen-bond acceptors (Lipinski definition) is 2. The quantitative estimate of drug-likeness (QED) is 0.791. The molecule has 1 rings (SSSR count). The minimum absolute atomic E-state index is 0.151. The zero-order chi connectivity index (χ0) is 13.5. The molecule has 5 nitrogen and oxygen atoms in total. The Labute approximate surface area is 109 Å². The Kier molecular flexibility index (Phi) is 5.95. The Bertz CT molecular complexity index is 294. The first-order valence-corrected chi connectivity index (χ1v) is 6.80. The number of amides is 2. The topological polar surface area (TPSA) is 69.6 Å². The summed E-state index contributed by atoms with van der Waals surface area (Å²) in [6, 6.07) is -0.366. The van der Waals surface area contributed by atoms with Crippen LogP contribution >= 0.6 is 0 Å². The molecule has 0 saturated heterocycles. The molecule has 2 unspecified atom stereocenters. The second-order valence-electron chi connectivity index (χ2n) is 5.06. The molecule has 1 aliphatic carbocycles. The number of carboxylic acids is 1. The van der Waals surface area contributed by atoms with E-state index in [0.29, 0.717) is 13.0 Å². The van der Waals surface area contributed by atoms with Crippen molar-refractivity contribution in [1.29, 1.82) is 0 Å². The van der Waals surface area contributed by atoms with Gasteiger partial charge in [-0.25, -0.2) is 4.79 Å². The average Bonchev–Trinajstić information content (AvgIpc) is 2.36. The molecule has 2 N–H and O–H groups in total. The molecule has 5 heteroatoms. The SMILES string of the molecule is CCCCN(C)C(=O)NC1CCCCC1C(=O)O. The van der Waals surface area contributed by atoms with Crippen LogP contribution in [0.15, 0.2) is 0 Å². The van der Waals surface area contributed by atoms with E-state index in [1.807, 2.05) is 0 Å². The molecule has 18 heavy (non-hydrogen) atoms. The smallest absolute Gasteiger partial charge is 0.317 e. The Morgan fingerprint density at radius 2 is 2.00 bits per heavy atom. The maximum Gasteiger partial charge on any atom is 0.317 e. The summed E-state index contributed by atoms with van der Waals surface area (Å²) in [5.74, 6) is -1.22. The van der Waals surface area contributed by atoms with Gasteiger partial charge in [-0.05, 0) is 19.3 Å². The van der Waals surface area contributed by atoms with Gasteiger partial charge in [-0.15, -0.1) is 0 Å². The van der Waals surface area contributed by atoms with Gasteiger partial charge in [0, 0.05) is 19.6 Å². The van der Waals surface area contributed by atoms with Gasteiger partial charge < -0.3 is 15.3 Å². The number of rotatable bonds is 5. The van der Waals surface area contributed by atoms with Crippen LogP contribution in [-0.4, -0.2) is 41.6 Å².